The van der Waals surface area contributed by atoms with E-state index >= 15 is 0 Å². The molecule has 7 heteroatoms. The summed E-state index contributed by atoms with van der Waals surface area (Å²) in [5.41, 5.74) is 1.04. The minimum absolute atomic E-state index is 0.363. The monoisotopic (exact) mass is 295 g/mol. The summed E-state index contributed by atoms with van der Waals surface area (Å²) in [7, 11) is -0.490. The molecule has 0 aliphatic carbocycles. The second-order valence-electron chi connectivity index (χ2n) is 4.31. The number of nitrogens with one attached hydrogen (secondary N) is 1. The average Bonchev–Trinajstić information content (AvgIpc) is 2.39. The molecule has 5 nitrogen and oxygen atoms in total. The topological polar surface area (TPSA) is 62.3 Å². The Morgan fingerprint density at radius 1 is 1.15 bits per heavy atom. The molecule has 0 fully saturated rings. The smallest absolute Gasteiger partial charge is 0.282 e. The van der Waals surface area contributed by atoms with Gasteiger partial charge in [-0.1, -0.05) is 12.1 Å². The molecule has 2 aromatic rings. The highest BCUT2D eigenvalue weighted by molar-refractivity contribution is 7.92. The summed E-state index contributed by atoms with van der Waals surface area (Å²) in [6.07, 6.45) is 1.23. The van der Waals surface area contributed by atoms with Gasteiger partial charge in [0.2, 0.25) is 5.03 Å². The van der Waals surface area contributed by atoms with Crippen LogP contribution in [0, 0.1) is 5.82 Å². The molecule has 106 valence electrons. The number of pyridine rings is 1. The van der Waals surface area contributed by atoms with Crippen LogP contribution in [0.25, 0.3) is 0 Å². The van der Waals surface area contributed by atoms with Crippen molar-refractivity contribution in [1.82, 2.24) is 4.98 Å². The predicted octanol–water partition coefficient (Wildman–Crippen LogP) is 2.09. The van der Waals surface area contributed by atoms with Crippen molar-refractivity contribution >= 4 is 21.4 Å². The number of halogens is 1. The Morgan fingerprint density at radius 3 is 2.50 bits per heavy atom. The lowest BCUT2D eigenvalue weighted by molar-refractivity contribution is 0.557. The first-order valence-electron chi connectivity index (χ1n) is 5.81. The molecule has 0 radical (unpaired) electrons. The molecular formula is C13H14FN3O2S. The fraction of sp³-hybridized carbons (Fsp3) is 0.154. The molecule has 1 aromatic carbocycles. The van der Waals surface area contributed by atoms with E-state index in [0.717, 1.165) is 6.07 Å². The number of para-hydroxylation sites is 2. The molecule has 20 heavy (non-hydrogen) atoms. The van der Waals surface area contributed by atoms with Gasteiger partial charge in [-0.2, -0.15) is 8.42 Å². The molecule has 0 saturated heterocycles. The second kappa shape index (κ2) is 5.46. The fourth-order valence-corrected chi connectivity index (χ4v) is 2.80. The maximum Gasteiger partial charge on any atom is 0.282 e. The van der Waals surface area contributed by atoms with Crippen molar-refractivity contribution < 1.29 is 12.8 Å². The summed E-state index contributed by atoms with van der Waals surface area (Å²) in [5.74, 6) is -0.887. The number of anilines is 2. The lowest BCUT2D eigenvalue weighted by Gasteiger charge is -2.18. The van der Waals surface area contributed by atoms with Crippen LogP contribution >= 0.6 is 0 Å². The third-order valence-corrected chi connectivity index (χ3v) is 3.91. The van der Waals surface area contributed by atoms with Crippen LogP contribution in [0.5, 0.6) is 0 Å². The number of sulfonamides is 1. The molecule has 0 atom stereocenters. The van der Waals surface area contributed by atoms with Crippen LogP contribution in [0.15, 0.2) is 47.6 Å². The van der Waals surface area contributed by atoms with Gasteiger partial charge < -0.3 is 4.90 Å². The minimum atomic E-state index is -4.06. The molecule has 0 unspecified atom stereocenters. The Labute approximate surface area is 117 Å². The molecule has 0 amide bonds. The van der Waals surface area contributed by atoms with Gasteiger partial charge >= 0.3 is 0 Å². The van der Waals surface area contributed by atoms with Crippen molar-refractivity contribution in [2.75, 3.05) is 23.7 Å². The highest BCUT2D eigenvalue weighted by atomic mass is 32.2. The van der Waals surface area contributed by atoms with Gasteiger partial charge in [0.25, 0.3) is 10.0 Å². The molecule has 0 aliphatic heterocycles. The number of hydrogen-bond donors (Lipinski definition) is 1. The lowest BCUT2D eigenvalue weighted by Crippen LogP contribution is -2.19. The number of rotatable bonds is 4. The van der Waals surface area contributed by atoms with Crippen LogP contribution in [0.4, 0.5) is 15.8 Å². The van der Waals surface area contributed by atoms with E-state index in [2.05, 4.69) is 9.71 Å². The molecule has 1 N–H and O–H groups in total. The van der Waals surface area contributed by atoms with E-state index < -0.39 is 20.9 Å². The number of aromatic nitrogens is 1. The number of benzene rings is 1. The van der Waals surface area contributed by atoms with E-state index in [9.17, 15) is 12.8 Å². The SMILES string of the molecule is CN(C)c1ccccc1NS(=O)(=O)c1ncccc1F. The summed E-state index contributed by atoms with van der Waals surface area (Å²) in [4.78, 5) is 5.34. The molecular weight excluding hydrogens is 281 g/mol. The van der Waals surface area contributed by atoms with Crippen molar-refractivity contribution in [2.24, 2.45) is 0 Å². The first kappa shape index (κ1) is 14.3. The van der Waals surface area contributed by atoms with E-state index in [-0.39, 0.29) is 0 Å². The lowest BCUT2D eigenvalue weighted by atomic mass is 10.2. The fourth-order valence-electron chi connectivity index (χ4n) is 1.71. The van der Waals surface area contributed by atoms with Crippen molar-refractivity contribution in [3.05, 3.63) is 48.4 Å². The van der Waals surface area contributed by atoms with Gasteiger partial charge in [-0.3, -0.25) is 4.72 Å². The summed E-state index contributed by atoms with van der Waals surface area (Å²) in [6.45, 7) is 0. The van der Waals surface area contributed by atoms with Crippen LogP contribution in [-0.4, -0.2) is 27.5 Å². The molecule has 0 saturated carbocycles. The maximum absolute atomic E-state index is 13.6. The molecule has 0 spiro atoms. The average molecular weight is 295 g/mol. The highest BCUT2D eigenvalue weighted by Gasteiger charge is 2.21. The zero-order valence-corrected chi connectivity index (χ0v) is 11.9. The van der Waals surface area contributed by atoms with Crippen LogP contribution in [0.2, 0.25) is 0 Å². The van der Waals surface area contributed by atoms with Gasteiger partial charge in [0.1, 0.15) is 0 Å². The molecule has 1 heterocycles. The zero-order chi connectivity index (χ0) is 14.8. The van der Waals surface area contributed by atoms with Crippen LogP contribution in [-0.2, 0) is 10.0 Å². The molecule has 0 aliphatic rings. The van der Waals surface area contributed by atoms with Crippen molar-refractivity contribution in [2.45, 2.75) is 5.03 Å². The largest absolute Gasteiger partial charge is 0.376 e. The van der Waals surface area contributed by atoms with Gasteiger partial charge in [-0.05, 0) is 24.3 Å². The van der Waals surface area contributed by atoms with Gasteiger partial charge in [0, 0.05) is 20.3 Å². The predicted molar refractivity (Wildman–Crippen MR) is 75.8 cm³/mol. The quantitative estimate of drug-likeness (QED) is 0.938. The van der Waals surface area contributed by atoms with Crippen LogP contribution in [0.1, 0.15) is 0 Å². The summed E-state index contributed by atoms with van der Waals surface area (Å²) in [6, 6.07) is 9.23. The van der Waals surface area contributed by atoms with Crippen molar-refractivity contribution in [3.63, 3.8) is 0 Å². The van der Waals surface area contributed by atoms with Crippen molar-refractivity contribution in [3.8, 4) is 0 Å². The van der Waals surface area contributed by atoms with Gasteiger partial charge in [-0.25, -0.2) is 9.37 Å². The molecule has 1 aromatic heterocycles. The minimum Gasteiger partial charge on any atom is -0.376 e. The van der Waals surface area contributed by atoms with Gasteiger partial charge in [0.15, 0.2) is 5.82 Å². The normalized spacial score (nSPS) is 11.2. The first-order chi connectivity index (χ1) is 9.42. The van der Waals surface area contributed by atoms with Crippen molar-refractivity contribution in [1.29, 1.82) is 0 Å². The second-order valence-corrected chi connectivity index (χ2v) is 5.91. The Balaban J connectivity index is 2.42. The summed E-state index contributed by atoms with van der Waals surface area (Å²) in [5, 5.41) is -0.617. The first-order valence-corrected chi connectivity index (χ1v) is 7.30. The third-order valence-electron chi connectivity index (χ3n) is 2.61. The van der Waals surface area contributed by atoms with Gasteiger partial charge in [-0.15, -0.1) is 0 Å². The Morgan fingerprint density at radius 2 is 1.85 bits per heavy atom. The van der Waals surface area contributed by atoms with Gasteiger partial charge in [0.05, 0.1) is 11.4 Å². The Hall–Kier alpha value is -2.15. The number of nitrogens with zero attached hydrogens (tertiary/aromatic N) is 2. The van der Waals surface area contributed by atoms with Crippen LogP contribution in [0.3, 0.4) is 0 Å². The van der Waals surface area contributed by atoms with E-state index in [1.54, 1.807) is 43.3 Å². The molecule has 2 rings (SSSR count). The third kappa shape index (κ3) is 2.88. The standard InChI is InChI=1S/C13H14FN3O2S/c1-17(2)12-8-4-3-7-11(12)16-20(18,19)13-10(14)6-5-9-15-13/h3-9,16H,1-2H3. The maximum atomic E-state index is 13.6. The number of hydrogen-bond acceptors (Lipinski definition) is 4. The van der Waals surface area contributed by atoms with Crippen LogP contribution < -0.4 is 9.62 Å². The Bertz CT molecular complexity index is 717. The summed E-state index contributed by atoms with van der Waals surface area (Å²) < 4.78 is 40.2. The summed E-state index contributed by atoms with van der Waals surface area (Å²) >= 11 is 0. The molecule has 0 bridgehead atoms. The Kier molecular flexibility index (Phi) is 3.89. The van der Waals surface area contributed by atoms with E-state index in [1.807, 2.05) is 0 Å². The van der Waals surface area contributed by atoms with E-state index in [1.165, 1.54) is 12.3 Å². The van der Waals surface area contributed by atoms with E-state index in [4.69, 9.17) is 0 Å². The van der Waals surface area contributed by atoms with E-state index in [0.29, 0.717) is 11.4 Å². The highest BCUT2D eigenvalue weighted by Crippen LogP contribution is 2.26. The zero-order valence-electron chi connectivity index (χ0n) is 11.0.